The Kier molecular flexibility index (Phi) is 8.46. The fourth-order valence-electron chi connectivity index (χ4n) is 9.17. The van der Waals surface area contributed by atoms with Gasteiger partial charge in [-0.1, -0.05) is 200 Å². The van der Waals surface area contributed by atoms with Crippen molar-refractivity contribution in [3.05, 3.63) is 231 Å². The van der Waals surface area contributed by atoms with Gasteiger partial charge in [-0.3, -0.25) is 4.57 Å². The van der Waals surface area contributed by atoms with Gasteiger partial charge in [0.1, 0.15) is 5.82 Å². The summed E-state index contributed by atoms with van der Waals surface area (Å²) in [5.74, 6) is 1.48. The molecule has 0 N–H and O–H groups in total. The Morgan fingerprint density at radius 3 is 1.18 bits per heavy atom. The third kappa shape index (κ3) is 6.00. The van der Waals surface area contributed by atoms with Crippen LogP contribution in [-0.2, 0) is 0 Å². The third-order valence-electron chi connectivity index (χ3n) is 12.2. The molecular weight excluding hydrogens is 753 g/mol. The van der Waals surface area contributed by atoms with Gasteiger partial charge in [0.15, 0.2) is 5.82 Å². The first kappa shape index (κ1) is 35.6. The molecule has 290 valence electrons. The van der Waals surface area contributed by atoms with E-state index in [1.807, 2.05) is 12.1 Å². The average Bonchev–Trinajstić information content (AvgIpc) is 3.88. The van der Waals surface area contributed by atoms with E-state index in [2.05, 4.69) is 228 Å². The third-order valence-corrected chi connectivity index (χ3v) is 12.2. The molecule has 62 heavy (non-hydrogen) atoms. The Balaban J connectivity index is 1.07. The summed E-state index contributed by atoms with van der Waals surface area (Å²) in [4.78, 5) is 10.7. The number of hydrogen-bond acceptors (Lipinski definition) is 2. The SMILES string of the molecule is c1ccc(-c2ccc(-c3ccc(-n4c5ccccc5c5ccc6c7ccccc7n(-c7cc(-c8ccccc8)nc(-c8ccc(-c9ccccc9)cc8)n7)c6c54)cc3)cc2)cc1. The van der Waals surface area contributed by atoms with Gasteiger partial charge >= 0.3 is 0 Å². The molecule has 0 amide bonds. The molecule has 3 aromatic heterocycles. The van der Waals surface area contributed by atoms with Crippen LogP contribution in [0.3, 0.4) is 0 Å². The zero-order valence-corrected chi connectivity index (χ0v) is 33.7. The normalized spacial score (nSPS) is 11.5. The fraction of sp³-hybridized carbons (Fsp3) is 0. The van der Waals surface area contributed by atoms with E-state index >= 15 is 0 Å². The van der Waals surface area contributed by atoms with Crippen LogP contribution in [0.5, 0.6) is 0 Å². The number of nitrogens with zero attached hydrogens (tertiary/aromatic N) is 4. The van der Waals surface area contributed by atoms with E-state index in [1.165, 1.54) is 49.4 Å². The summed E-state index contributed by atoms with van der Waals surface area (Å²) in [6.45, 7) is 0. The maximum atomic E-state index is 5.45. The van der Waals surface area contributed by atoms with Crippen LogP contribution in [-0.4, -0.2) is 19.1 Å². The van der Waals surface area contributed by atoms with Gasteiger partial charge in [0, 0.05) is 44.4 Å². The van der Waals surface area contributed by atoms with Crippen LogP contribution >= 0.6 is 0 Å². The van der Waals surface area contributed by atoms with Crippen LogP contribution in [0.2, 0.25) is 0 Å². The van der Waals surface area contributed by atoms with Crippen molar-refractivity contribution in [2.45, 2.75) is 0 Å². The van der Waals surface area contributed by atoms with Gasteiger partial charge in [-0.15, -0.1) is 0 Å². The summed E-state index contributed by atoms with van der Waals surface area (Å²) in [5, 5.41) is 4.73. The summed E-state index contributed by atoms with van der Waals surface area (Å²) in [7, 11) is 0. The molecule has 0 fully saturated rings. The molecule has 0 radical (unpaired) electrons. The van der Waals surface area contributed by atoms with Crippen LogP contribution in [0, 0.1) is 0 Å². The van der Waals surface area contributed by atoms with Crippen LogP contribution < -0.4 is 0 Å². The van der Waals surface area contributed by atoms with Crippen molar-refractivity contribution in [2.24, 2.45) is 0 Å². The van der Waals surface area contributed by atoms with Crippen molar-refractivity contribution in [3.63, 3.8) is 0 Å². The zero-order valence-electron chi connectivity index (χ0n) is 33.7. The Labute approximate surface area is 359 Å². The highest BCUT2D eigenvalue weighted by molar-refractivity contribution is 6.23. The Morgan fingerprint density at radius 1 is 0.274 bits per heavy atom. The van der Waals surface area contributed by atoms with Crippen molar-refractivity contribution >= 4 is 43.6 Å². The second-order valence-corrected chi connectivity index (χ2v) is 15.8. The maximum Gasteiger partial charge on any atom is 0.162 e. The summed E-state index contributed by atoms with van der Waals surface area (Å²) < 4.78 is 4.80. The lowest BCUT2D eigenvalue weighted by molar-refractivity contribution is 1.05. The molecule has 0 saturated heterocycles. The molecule has 0 aliphatic rings. The lowest BCUT2D eigenvalue weighted by Crippen LogP contribution is -2.04. The van der Waals surface area contributed by atoms with Gasteiger partial charge in [-0.2, -0.15) is 0 Å². The Hall–Kier alpha value is -8.34. The first-order chi connectivity index (χ1) is 30.7. The molecule has 0 spiro atoms. The first-order valence-corrected chi connectivity index (χ1v) is 21.1. The van der Waals surface area contributed by atoms with E-state index in [-0.39, 0.29) is 0 Å². The average molecular weight is 791 g/mol. The number of benzene rings is 9. The minimum atomic E-state index is 0.673. The van der Waals surface area contributed by atoms with E-state index < -0.39 is 0 Å². The molecular formula is C58H38N4. The number of para-hydroxylation sites is 2. The molecule has 4 nitrogen and oxygen atoms in total. The maximum absolute atomic E-state index is 5.45. The van der Waals surface area contributed by atoms with Crippen molar-refractivity contribution < 1.29 is 0 Å². The van der Waals surface area contributed by atoms with Gasteiger partial charge in [-0.05, 0) is 57.6 Å². The van der Waals surface area contributed by atoms with Crippen molar-refractivity contribution in [1.29, 1.82) is 0 Å². The van der Waals surface area contributed by atoms with Crippen molar-refractivity contribution in [2.75, 3.05) is 0 Å². The second kappa shape index (κ2) is 14.7. The van der Waals surface area contributed by atoms with Crippen molar-refractivity contribution in [1.82, 2.24) is 19.1 Å². The van der Waals surface area contributed by atoms with Crippen LogP contribution in [0.1, 0.15) is 0 Å². The lowest BCUT2D eigenvalue weighted by atomic mass is 10.0. The van der Waals surface area contributed by atoms with Crippen LogP contribution in [0.15, 0.2) is 231 Å². The van der Waals surface area contributed by atoms with Crippen LogP contribution in [0.4, 0.5) is 0 Å². The number of aromatic nitrogens is 4. The van der Waals surface area contributed by atoms with Crippen molar-refractivity contribution in [3.8, 4) is 67.5 Å². The van der Waals surface area contributed by atoms with Gasteiger partial charge in [0.2, 0.25) is 0 Å². The number of fused-ring (bicyclic) bond motifs is 7. The molecule has 12 aromatic rings. The van der Waals surface area contributed by atoms with E-state index in [4.69, 9.17) is 9.97 Å². The summed E-state index contributed by atoms with van der Waals surface area (Å²) in [6, 6.07) is 82.1. The molecule has 12 rings (SSSR count). The predicted octanol–water partition coefficient (Wildman–Crippen LogP) is 15.0. The molecule has 0 aliphatic heterocycles. The fourth-order valence-corrected chi connectivity index (χ4v) is 9.17. The highest BCUT2D eigenvalue weighted by atomic mass is 15.1. The molecule has 0 saturated carbocycles. The van der Waals surface area contributed by atoms with Gasteiger partial charge in [0.25, 0.3) is 0 Å². The van der Waals surface area contributed by atoms with Gasteiger partial charge in [-0.25, -0.2) is 9.97 Å². The lowest BCUT2D eigenvalue weighted by Gasteiger charge is -2.14. The van der Waals surface area contributed by atoms with E-state index in [1.54, 1.807) is 0 Å². The van der Waals surface area contributed by atoms with E-state index in [0.717, 1.165) is 56.0 Å². The molecule has 0 atom stereocenters. The number of hydrogen-bond donors (Lipinski definition) is 0. The van der Waals surface area contributed by atoms with Gasteiger partial charge in [0.05, 0.1) is 27.8 Å². The largest absolute Gasteiger partial charge is 0.307 e. The Morgan fingerprint density at radius 2 is 0.661 bits per heavy atom. The quantitative estimate of drug-likeness (QED) is 0.161. The minimum Gasteiger partial charge on any atom is -0.307 e. The molecule has 3 heterocycles. The zero-order chi connectivity index (χ0) is 41.0. The van der Waals surface area contributed by atoms with E-state index in [0.29, 0.717) is 5.82 Å². The highest BCUT2D eigenvalue weighted by Gasteiger charge is 2.23. The highest BCUT2D eigenvalue weighted by Crippen LogP contribution is 2.42. The van der Waals surface area contributed by atoms with Crippen LogP contribution in [0.25, 0.3) is 111 Å². The molecule has 4 heteroatoms. The monoisotopic (exact) mass is 790 g/mol. The minimum absolute atomic E-state index is 0.673. The molecule has 9 aromatic carbocycles. The summed E-state index contributed by atoms with van der Waals surface area (Å²) in [6.07, 6.45) is 0. The summed E-state index contributed by atoms with van der Waals surface area (Å²) in [5.41, 5.74) is 15.5. The summed E-state index contributed by atoms with van der Waals surface area (Å²) >= 11 is 0. The molecule has 0 unspecified atom stereocenters. The molecule has 0 bridgehead atoms. The smallest absolute Gasteiger partial charge is 0.162 e. The second-order valence-electron chi connectivity index (χ2n) is 15.8. The van der Waals surface area contributed by atoms with E-state index in [9.17, 15) is 0 Å². The standard InChI is InChI=1S/C58H38N4/c1-4-14-39(15-5-1)41-24-26-43(27-25-41)44-32-34-47(35-33-44)61-53-22-12-10-20-48(53)50-36-37-51-49-21-11-13-23-54(49)62(57(51)56(50)61)55-38-52(45-18-8-3-9-19-45)59-58(60-55)46-30-28-42(29-31-46)40-16-6-2-7-17-40/h1-38H. The molecule has 0 aliphatic carbocycles. The first-order valence-electron chi connectivity index (χ1n) is 21.1. The van der Waals surface area contributed by atoms with Gasteiger partial charge < -0.3 is 4.57 Å². The topological polar surface area (TPSA) is 35.6 Å². The Bertz CT molecular complexity index is 3570. The predicted molar refractivity (Wildman–Crippen MR) is 258 cm³/mol. The number of rotatable bonds is 7.